The molecular formula is C17H21N5OS. The van der Waals surface area contributed by atoms with Gasteiger partial charge in [-0.3, -0.25) is 4.79 Å². The summed E-state index contributed by atoms with van der Waals surface area (Å²) in [6, 6.07) is 1.96. The number of thiazole rings is 1. The lowest BCUT2D eigenvalue weighted by molar-refractivity contribution is -0.125. The summed E-state index contributed by atoms with van der Waals surface area (Å²) < 4.78 is 0. The van der Waals surface area contributed by atoms with E-state index in [0.29, 0.717) is 12.4 Å². The number of hydrogen-bond donors (Lipinski definition) is 1. The van der Waals surface area contributed by atoms with E-state index in [1.54, 1.807) is 11.3 Å². The predicted octanol–water partition coefficient (Wildman–Crippen LogP) is 3.10. The Labute approximate surface area is 145 Å². The zero-order chi connectivity index (χ0) is 17.3. The number of anilines is 2. The van der Waals surface area contributed by atoms with Crippen LogP contribution in [0.1, 0.15) is 34.4 Å². The van der Waals surface area contributed by atoms with E-state index in [0.717, 1.165) is 35.3 Å². The first kappa shape index (κ1) is 16.6. The van der Waals surface area contributed by atoms with Gasteiger partial charge in [0.25, 0.3) is 0 Å². The molecule has 0 spiro atoms. The van der Waals surface area contributed by atoms with Gasteiger partial charge in [-0.15, -0.1) is 11.3 Å². The van der Waals surface area contributed by atoms with Gasteiger partial charge in [0.05, 0.1) is 11.4 Å². The van der Waals surface area contributed by atoms with Crippen molar-refractivity contribution in [3.8, 4) is 0 Å². The molecule has 0 aromatic carbocycles. The number of hydrogen-bond acceptors (Lipinski definition) is 6. The van der Waals surface area contributed by atoms with Crippen molar-refractivity contribution in [2.24, 2.45) is 0 Å². The van der Waals surface area contributed by atoms with Crippen molar-refractivity contribution in [3.05, 3.63) is 40.8 Å². The minimum absolute atomic E-state index is 0.0182. The predicted molar refractivity (Wildman–Crippen MR) is 95.8 cm³/mol. The van der Waals surface area contributed by atoms with Gasteiger partial charge in [-0.25, -0.2) is 15.0 Å². The third-order valence-electron chi connectivity index (χ3n) is 4.21. The van der Waals surface area contributed by atoms with Gasteiger partial charge in [-0.2, -0.15) is 0 Å². The molecule has 2 aromatic heterocycles. The number of carbonyl (C=O) groups excluding carboxylic acids is 1. The van der Waals surface area contributed by atoms with Gasteiger partial charge in [-0.1, -0.05) is 6.58 Å². The first-order chi connectivity index (χ1) is 11.5. The molecule has 3 heterocycles. The van der Waals surface area contributed by atoms with Crippen molar-refractivity contribution in [1.29, 1.82) is 0 Å². The minimum Gasteiger partial charge on any atom is -0.338 e. The SMILES string of the molecule is C=CC(=O)N1CC[C@@H](c2cc(Nc3nc(C)c(C)s3)nc(C)n2)C1. The van der Waals surface area contributed by atoms with E-state index in [-0.39, 0.29) is 11.8 Å². The molecule has 2 aromatic rings. The van der Waals surface area contributed by atoms with Crippen molar-refractivity contribution in [2.75, 3.05) is 18.4 Å². The summed E-state index contributed by atoms with van der Waals surface area (Å²) >= 11 is 1.61. The van der Waals surface area contributed by atoms with Crippen LogP contribution in [0.15, 0.2) is 18.7 Å². The van der Waals surface area contributed by atoms with E-state index in [2.05, 4.69) is 33.8 Å². The summed E-state index contributed by atoms with van der Waals surface area (Å²) in [5.41, 5.74) is 2.00. The number of likely N-dealkylation sites (tertiary alicyclic amines) is 1. The highest BCUT2D eigenvalue weighted by atomic mass is 32.1. The Bertz CT molecular complexity index is 766. The first-order valence-corrected chi connectivity index (χ1v) is 8.76. The molecule has 3 rings (SSSR count). The van der Waals surface area contributed by atoms with Gasteiger partial charge in [0.1, 0.15) is 11.6 Å². The Morgan fingerprint density at radius 1 is 1.38 bits per heavy atom. The van der Waals surface area contributed by atoms with E-state index >= 15 is 0 Å². The third kappa shape index (κ3) is 3.46. The maximum Gasteiger partial charge on any atom is 0.245 e. The minimum atomic E-state index is -0.0182. The zero-order valence-electron chi connectivity index (χ0n) is 14.2. The average Bonchev–Trinajstić information content (AvgIpc) is 3.14. The van der Waals surface area contributed by atoms with E-state index in [1.807, 2.05) is 24.8 Å². The Hall–Kier alpha value is -2.28. The maximum atomic E-state index is 11.8. The standard InChI is InChI=1S/C17H21N5OS/c1-5-16(23)22-7-6-13(9-22)14-8-15(20-12(4)19-14)21-17-18-10(2)11(3)24-17/h5,8,13H,1,6-7,9H2,2-4H3,(H,18,19,20,21)/t13-/m1/s1. The molecule has 1 atom stereocenters. The second kappa shape index (κ2) is 6.68. The number of aromatic nitrogens is 3. The molecule has 1 saturated heterocycles. The molecule has 0 aliphatic carbocycles. The Morgan fingerprint density at radius 2 is 2.17 bits per heavy atom. The quantitative estimate of drug-likeness (QED) is 0.864. The second-order valence-corrected chi connectivity index (χ2v) is 7.19. The molecule has 126 valence electrons. The highest BCUT2D eigenvalue weighted by molar-refractivity contribution is 7.15. The summed E-state index contributed by atoms with van der Waals surface area (Å²) in [4.78, 5) is 28.3. The topological polar surface area (TPSA) is 71.0 Å². The molecule has 1 aliphatic rings. The van der Waals surface area contributed by atoms with Gasteiger partial charge in [0.15, 0.2) is 5.13 Å². The van der Waals surface area contributed by atoms with Gasteiger partial charge in [-0.05, 0) is 33.3 Å². The van der Waals surface area contributed by atoms with Gasteiger partial charge >= 0.3 is 0 Å². The first-order valence-electron chi connectivity index (χ1n) is 7.94. The lowest BCUT2D eigenvalue weighted by Crippen LogP contribution is -2.26. The Morgan fingerprint density at radius 3 is 2.83 bits per heavy atom. The van der Waals surface area contributed by atoms with Crippen LogP contribution in [0.25, 0.3) is 0 Å². The molecule has 7 heteroatoms. The molecule has 1 aliphatic heterocycles. The van der Waals surface area contributed by atoms with E-state index < -0.39 is 0 Å². The van der Waals surface area contributed by atoms with Gasteiger partial charge in [0.2, 0.25) is 5.91 Å². The third-order valence-corrected chi connectivity index (χ3v) is 5.20. The number of carbonyl (C=O) groups is 1. The number of amides is 1. The molecule has 0 saturated carbocycles. The van der Waals surface area contributed by atoms with Gasteiger partial charge < -0.3 is 10.2 Å². The van der Waals surface area contributed by atoms with Crippen LogP contribution in [0.5, 0.6) is 0 Å². The van der Waals surface area contributed by atoms with Crippen LogP contribution in [-0.2, 0) is 4.79 Å². The van der Waals surface area contributed by atoms with E-state index in [9.17, 15) is 4.79 Å². The van der Waals surface area contributed by atoms with Crippen LogP contribution in [0.2, 0.25) is 0 Å². The van der Waals surface area contributed by atoms with Crippen molar-refractivity contribution in [1.82, 2.24) is 19.9 Å². The smallest absolute Gasteiger partial charge is 0.245 e. The van der Waals surface area contributed by atoms with E-state index in [1.165, 1.54) is 11.0 Å². The highest BCUT2D eigenvalue weighted by Gasteiger charge is 2.27. The van der Waals surface area contributed by atoms with Crippen molar-refractivity contribution in [2.45, 2.75) is 33.1 Å². The van der Waals surface area contributed by atoms with Crippen LogP contribution in [0, 0.1) is 20.8 Å². The number of rotatable bonds is 4. The fourth-order valence-electron chi connectivity index (χ4n) is 2.83. The molecule has 1 N–H and O–H groups in total. The van der Waals surface area contributed by atoms with Crippen molar-refractivity contribution in [3.63, 3.8) is 0 Å². The maximum absolute atomic E-state index is 11.8. The largest absolute Gasteiger partial charge is 0.338 e. The molecule has 1 amide bonds. The molecule has 0 bridgehead atoms. The average molecular weight is 343 g/mol. The molecular weight excluding hydrogens is 322 g/mol. The number of aryl methyl sites for hydroxylation is 3. The van der Waals surface area contributed by atoms with Crippen LogP contribution in [-0.4, -0.2) is 38.8 Å². The fraction of sp³-hybridized carbons (Fsp3) is 0.412. The van der Waals surface area contributed by atoms with Crippen molar-refractivity contribution >= 4 is 28.2 Å². The lowest BCUT2D eigenvalue weighted by Gasteiger charge is -2.14. The van der Waals surface area contributed by atoms with E-state index in [4.69, 9.17) is 0 Å². The molecule has 24 heavy (non-hydrogen) atoms. The van der Waals surface area contributed by atoms with Crippen LogP contribution in [0.3, 0.4) is 0 Å². The van der Waals surface area contributed by atoms with Crippen LogP contribution in [0.4, 0.5) is 10.9 Å². The summed E-state index contributed by atoms with van der Waals surface area (Å²) in [7, 11) is 0. The highest BCUT2D eigenvalue weighted by Crippen LogP contribution is 2.29. The molecule has 0 radical (unpaired) electrons. The molecule has 6 nitrogen and oxygen atoms in total. The molecule has 0 unspecified atom stereocenters. The zero-order valence-corrected chi connectivity index (χ0v) is 15.0. The van der Waals surface area contributed by atoms with Crippen molar-refractivity contribution < 1.29 is 4.79 Å². The summed E-state index contributed by atoms with van der Waals surface area (Å²) in [5, 5.41) is 4.11. The summed E-state index contributed by atoms with van der Waals surface area (Å²) in [5.74, 6) is 1.68. The Balaban J connectivity index is 1.79. The molecule has 1 fully saturated rings. The lowest BCUT2D eigenvalue weighted by atomic mass is 10.0. The second-order valence-electron chi connectivity index (χ2n) is 5.98. The normalized spacial score (nSPS) is 17.1. The Kier molecular flexibility index (Phi) is 4.62. The number of nitrogens with zero attached hydrogens (tertiary/aromatic N) is 4. The number of nitrogens with one attached hydrogen (secondary N) is 1. The van der Waals surface area contributed by atoms with Crippen LogP contribution < -0.4 is 5.32 Å². The fourth-order valence-corrected chi connectivity index (χ4v) is 3.65. The monoisotopic (exact) mass is 343 g/mol. The van der Waals surface area contributed by atoms with Crippen LogP contribution >= 0.6 is 11.3 Å². The summed E-state index contributed by atoms with van der Waals surface area (Å²) in [6.45, 7) is 10.9. The summed E-state index contributed by atoms with van der Waals surface area (Å²) in [6.07, 6.45) is 2.28. The van der Waals surface area contributed by atoms with Gasteiger partial charge in [0, 0.05) is 30.0 Å².